The number of thioether (sulfide) groups is 1. The molecule has 2 aromatic heterocycles. The summed E-state index contributed by atoms with van der Waals surface area (Å²) in [5.41, 5.74) is 4.34. The number of hydrogen-bond acceptors (Lipinski definition) is 5. The van der Waals surface area contributed by atoms with Crippen LogP contribution in [0.4, 0.5) is 0 Å². The van der Waals surface area contributed by atoms with Gasteiger partial charge in [-0.05, 0) is 49.9 Å². The molecule has 6 nitrogen and oxygen atoms in total. The zero-order valence-corrected chi connectivity index (χ0v) is 16.4. The van der Waals surface area contributed by atoms with E-state index in [1.54, 1.807) is 0 Å². The van der Waals surface area contributed by atoms with Gasteiger partial charge in [0.1, 0.15) is 0 Å². The SMILES string of the molecule is Cc1[nH]c2ccc(-c3nnc(SCC(=O)NCCC(C)C)o3)cc2c1C. The minimum Gasteiger partial charge on any atom is -0.411 e. The van der Waals surface area contributed by atoms with Crippen LogP contribution in [0.5, 0.6) is 0 Å². The molecule has 26 heavy (non-hydrogen) atoms. The van der Waals surface area contributed by atoms with Crippen molar-refractivity contribution in [2.45, 2.75) is 39.3 Å². The lowest BCUT2D eigenvalue weighted by Gasteiger charge is -2.05. The van der Waals surface area contributed by atoms with Crippen molar-refractivity contribution in [2.75, 3.05) is 12.3 Å². The number of nitrogens with zero attached hydrogens (tertiary/aromatic N) is 2. The molecule has 0 unspecified atom stereocenters. The van der Waals surface area contributed by atoms with Gasteiger partial charge in [0.15, 0.2) is 0 Å². The number of carbonyl (C=O) groups is 1. The van der Waals surface area contributed by atoms with Crippen molar-refractivity contribution >= 4 is 28.6 Å². The number of aromatic nitrogens is 3. The Labute approximate surface area is 157 Å². The third kappa shape index (κ3) is 4.27. The molecule has 0 atom stereocenters. The van der Waals surface area contributed by atoms with E-state index in [9.17, 15) is 4.79 Å². The second-order valence-corrected chi connectivity index (χ2v) is 7.76. The Morgan fingerprint density at radius 2 is 2.12 bits per heavy atom. The van der Waals surface area contributed by atoms with E-state index in [1.165, 1.54) is 17.3 Å². The lowest BCUT2D eigenvalue weighted by atomic mass is 10.1. The van der Waals surface area contributed by atoms with Gasteiger partial charge in [-0.15, -0.1) is 10.2 Å². The highest BCUT2D eigenvalue weighted by Gasteiger charge is 2.13. The summed E-state index contributed by atoms with van der Waals surface area (Å²) in [6.45, 7) is 9.11. The molecule has 0 saturated heterocycles. The highest BCUT2D eigenvalue weighted by molar-refractivity contribution is 7.99. The largest absolute Gasteiger partial charge is 0.411 e. The number of nitrogens with one attached hydrogen (secondary N) is 2. The smallest absolute Gasteiger partial charge is 0.277 e. The number of benzene rings is 1. The highest BCUT2D eigenvalue weighted by atomic mass is 32.2. The average molecular weight is 372 g/mol. The van der Waals surface area contributed by atoms with E-state index in [2.05, 4.69) is 54.3 Å². The first-order chi connectivity index (χ1) is 12.4. The van der Waals surface area contributed by atoms with Crippen molar-refractivity contribution in [1.29, 1.82) is 0 Å². The molecule has 138 valence electrons. The van der Waals surface area contributed by atoms with E-state index in [0.29, 0.717) is 23.6 Å². The van der Waals surface area contributed by atoms with Gasteiger partial charge in [0.25, 0.3) is 5.22 Å². The van der Waals surface area contributed by atoms with Crippen LogP contribution in [0.25, 0.3) is 22.4 Å². The predicted molar refractivity (Wildman–Crippen MR) is 104 cm³/mol. The summed E-state index contributed by atoms with van der Waals surface area (Å²) in [4.78, 5) is 15.2. The maximum absolute atomic E-state index is 11.8. The van der Waals surface area contributed by atoms with Gasteiger partial charge >= 0.3 is 0 Å². The average Bonchev–Trinajstić information content (AvgIpc) is 3.18. The first kappa shape index (κ1) is 18.5. The van der Waals surface area contributed by atoms with Crippen LogP contribution in [-0.4, -0.2) is 33.4 Å². The normalized spacial score (nSPS) is 11.4. The molecular weight excluding hydrogens is 348 g/mol. The Balaban J connectivity index is 1.63. The third-order valence-corrected chi connectivity index (χ3v) is 5.15. The van der Waals surface area contributed by atoms with Crippen molar-refractivity contribution in [1.82, 2.24) is 20.5 Å². The first-order valence-electron chi connectivity index (χ1n) is 8.76. The van der Waals surface area contributed by atoms with Gasteiger partial charge in [0, 0.05) is 28.7 Å². The van der Waals surface area contributed by atoms with Crippen LogP contribution in [0.3, 0.4) is 0 Å². The van der Waals surface area contributed by atoms with Gasteiger partial charge in [0.2, 0.25) is 11.8 Å². The van der Waals surface area contributed by atoms with Crippen LogP contribution < -0.4 is 5.32 Å². The van der Waals surface area contributed by atoms with Crippen molar-refractivity contribution < 1.29 is 9.21 Å². The number of aryl methyl sites for hydroxylation is 2. The molecule has 7 heteroatoms. The molecule has 0 aliphatic carbocycles. The fourth-order valence-electron chi connectivity index (χ4n) is 2.66. The molecule has 0 spiro atoms. The summed E-state index contributed by atoms with van der Waals surface area (Å²) in [6.07, 6.45) is 0.974. The molecule has 0 bridgehead atoms. The lowest BCUT2D eigenvalue weighted by Crippen LogP contribution is -2.26. The van der Waals surface area contributed by atoms with E-state index in [4.69, 9.17) is 4.42 Å². The summed E-state index contributed by atoms with van der Waals surface area (Å²) in [6, 6.07) is 6.02. The van der Waals surface area contributed by atoms with Crippen molar-refractivity contribution in [3.8, 4) is 11.5 Å². The third-order valence-electron chi connectivity index (χ3n) is 4.33. The van der Waals surface area contributed by atoms with Gasteiger partial charge in [-0.2, -0.15) is 0 Å². The van der Waals surface area contributed by atoms with E-state index < -0.39 is 0 Å². The molecular formula is C19H24N4O2S. The van der Waals surface area contributed by atoms with Gasteiger partial charge in [0.05, 0.1) is 5.75 Å². The van der Waals surface area contributed by atoms with Crippen LogP contribution in [0, 0.1) is 19.8 Å². The van der Waals surface area contributed by atoms with Crippen LogP contribution >= 0.6 is 11.8 Å². The second-order valence-electron chi connectivity index (χ2n) is 6.83. The highest BCUT2D eigenvalue weighted by Crippen LogP contribution is 2.28. The van der Waals surface area contributed by atoms with Crippen LogP contribution in [0.1, 0.15) is 31.5 Å². The summed E-state index contributed by atoms with van der Waals surface area (Å²) in [7, 11) is 0. The number of rotatable bonds is 7. The van der Waals surface area contributed by atoms with Crippen molar-refractivity contribution in [3.63, 3.8) is 0 Å². The van der Waals surface area contributed by atoms with Gasteiger partial charge in [-0.1, -0.05) is 25.6 Å². The molecule has 1 amide bonds. The Hall–Kier alpha value is -2.28. The minimum atomic E-state index is -0.0183. The molecule has 0 radical (unpaired) electrons. The Morgan fingerprint density at radius 3 is 2.88 bits per heavy atom. The summed E-state index contributed by atoms with van der Waals surface area (Å²) >= 11 is 1.26. The quantitative estimate of drug-likeness (QED) is 0.610. The van der Waals surface area contributed by atoms with E-state index >= 15 is 0 Å². The van der Waals surface area contributed by atoms with Crippen molar-refractivity contribution in [3.05, 3.63) is 29.5 Å². The van der Waals surface area contributed by atoms with Gasteiger partial charge < -0.3 is 14.7 Å². The fourth-order valence-corrected chi connectivity index (χ4v) is 3.25. The predicted octanol–water partition coefficient (Wildman–Crippen LogP) is 4.09. The van der Waals surface area contributed by atoms with Gasteiger partial charge in [-0.25, -0.2) is 0 Å². The maximum Gasteiger partial charge on any atom is 0.277 e. The van der Waals surface area contributed by atoms with E-state index in [1.807, 2.05) is 12.1 Å². The Bertz CT molecular complexity index is 914. The summed E-state index contributed by atoms with van der Waals surface area (Å²) < 4.78 is 5.71. The number of aromatic amines is 1. The molecule has 1 aromatic carbocycles. The van der Waals surface area contributed by atoms with Crippen LogP contribution in [0.2, 0.25) is 0 Å². The number of amides is 1. The molecule has 0 aliphatic rings. The van der Waals surface area contributed by atoms with Gasteiger partial charge in [-0.3, -0.25) is 4.79 Å². The molecule has 3 aromatic rings. The second kappa shape index (κ2) is 7.95. The molecule has 3 rings (SSSR count). The molecule has 2 N–H and O–H groups in total. The monoisotopic (exact) mass is 372 g/mol. The summed E-state index contributed by atoms with van der Waals surface area (Å²) in [5.74, 6) is 1.30. The Kier molecular flexibility index (Phi) is 5.66. The van der Waals surface area contributed by atoms with Crippen LogP contribution in [0.15, 0.2) is 27.8 Å². The van der Waals surface area contributed by atoms with Crippen LogP contribution in [-0.2, 0) is 4.79 Å². The summed E-state index contributed by atoms with van der Waals surface area (Å²) in [5, 5.41) is 12.6. The maximum atomic E-state index is 11.8. The van der Waals surface area contributed by atoms with E-state index in [-0.39, 0.29) is 11.7 Å². The number of fused-ring (bicyclic) bond motifs is 1. The van der Waals surface area contributed by atoms with Crippen molar-refractivity contribution in [2.24, 2.45) is 5.92 Å². The lowest BCUT2D eigenvalue weighted by molar-refractivity contribution is -0.118. The standard InChI is InChI=1S/C19H24N4O2S/c1-11(2)7-8-20-17(24)10-26-19-23-22-18(25-19)14-5-6-16-15(9-14)12(3)13(4)21-16/h5-6,9,11,21H,7-8,10H2,1-4H3,(H,20,24). The molecule has 0 saturated carbocycles. The number of hydrogen-bond donors (Lipinski definition) is 2. The Morgan fingerprint density at radius 1 is 1.31 bits per heavy atom. The van der Waals surface area contributed by atoms with E-state index in [0.717, 1.165) is 28.6 Å². The zero-order valence-electron chi connectivity index (χ0n) is 15.5. The molecule has 2 heterocycles. The number of H-pyrrole nitrogens is 1. The molecule has 0 aliphatic heterocycles. The number of carbonyl (C=O) groups excluding carboxylic acids is 1. The topological polar surface area (TPSA) is 83.8 Å². The molecule has 0 fully saturated rings. The zero-order chi connectivity index (χ0) is 18.7. The first-order valence-corrected chi connectivity index (χ1v) is 9.75. The fraction of sp³-hybridized carbons (Fsp3) is 0.421. The minimum absolute atomic E-state index is 0.0183.